The second kappa shape index (κ2) is 7.31. The Hall–Kier alpha value is -2.64. The number of hydrogen-bond donors (Lipinski definition) is 1. The topological polar surface area (TPSA) is 63.7 Å². The molecule has 0 bridgehead atoms. The lowest BCUT2D eigenvalue weighted by Gasteiger charge is -2.25. The Morgan fingerprint density at radius 3 is 2.86 bits per heavy atom. The molecule has 0 aliphatic carbocycles. The summed E-state index contributed by atoms with van der Waals surface area (Å²) in [6, 6.07) is 11.6. The van der Waals surface area contributed by atoms with E-state index in [9.17, 15) is 4.79 Å². The van der Waals surface area contributed by atoms with Crippen LogP contribution in [0, 0.1) is 0 Å². The first kappa shape index (κ1) is 18.4. The quantitative estimate of drug-likeness (QED) is 0.700. The number of benzene rings is 2. The Bertz CT molecular complexity index is 1070. The van der Waals surface area contributed by atoms with Crippen LogP contribution in [0.2, 0.25) is 0 Å². The maximum Gasteiger partial charge on any atom is 0.259 e. The largest absolute Gasteiger partial charge is 0.489 e. The van der Waals surface area contributed by atoms with Crippen molar-refractivity contribution in [3.05, 3.63) is 47.5 Å². The fourth-order valence-electron chi connectivity index (χ4n) is 3.84. The van der Waals surface area contributed by atoms with E-state index in [-0.39, 0.29) is 17.9 Å². The second-order valence-electron chi connectivity index (χ2n) is 7.57. The molecule has 2 aliphatic rings. The number of ether oxygens (including phenoxy) is 2. The predicted molar refractivity (Wildman–Crippen MR) is 116 cm³/mol. The third kappa shape index (κ3) is 3.34. The lowest BCUT2D eigenvalue weighted by atomic mass is 9.97. The van der Waals surface area contributed by atoms with Gasteiger partial charge in [-0.15, -0.1) is 0 Å². The number of anilines is 2. The molecule has 2 aliphatic heterocycles. The number of rotatable bonds is 3. The van der Waals surface area contributed by atoms with E-state index in [1.54, 1.807) is 11.3 Å². The van der Waals surface area contributed by atoms with Gasteiger partial charge >= 0.3 is 0 Å². The minimum atomic E-state index is -0.152. The van der Waals surface area contributed by atoms with Crippen LogP contribution in [0.1, 0.15) is 35.7 Å². The number of para-hydroxylation sites is 1. The maximum absolute atomic E-state index is 13.0. The molecule has 3 heterocycles. The molecule has 3 aromatic rings. The number of amides is 1. The van der Waals surface area contributed by atoms with E-state index in [1.807, 2.05) is 43.3 Å². The lowest BCUT2D eigenvalue weighted by Crippen LogP contribution is -2.36. The first-order chi connectivity index (χ1) is 14.1. The van der Waals surface area contributed by atoms with Gasteiger partial charge in [-0.2, -0.15) is 0 Å². The zero-order valence-corrected chi connectivity index (χ0v) is 17.3. The summed E-state index contributed by atoms with van der Waals surface area (Å²) in [6.07, 6.45) is 0.0751. The average molecular weight is 410 g/mol. The van der Waals surface area contributed by atoms with Crippen molar-refractivity contribution in [1.82, 2.24) is 4.98 Å². The minimum absolute atomic E-state index is 0.0751. The molecule has 1 fully saturated rings. The number of nitrogens with zero attached hydrogens (tertiary/aromatic N) is 2. The van der Waals surface area contributed by atoms with E-state index in [0.717, 1.165) is 52.9 Å². The van der Waals surface area contributed by atoms with Crippen molar-refractivity contribution in [2.45, 2.75) is 25.9 Å². The van der Waals surface area contributed by atoms with Crippen molar-refractivity contribution in [2.75, 3.05) is 36.5 Å². The van der Waals surface area contributed by atoms with Gasteiger partial charge in [0, 0.05) is 30.3 Å². The fraction of sp³-hybridized carbons (Fsp3) is 0.364. The van der Waals surface area contributed by atoms with Crippen LogP contribution in [0.25, 0.3) is 10.2 Å². The van der Waals surface area contributed by atoms with Crippen LogP contribution in [-0.2, 0) is 4.74 Å². The highest BCUT2D eigenvalue weighted by Crippen LogP contribution is 2.40. The molecular weight excluding hydrogens is 386 g/mol. The molecule has 2 aromatic carbocycles. The number of fused-ring (bicyclic) bond motifs is 2. The van der Waals surface area contributed by atoms with Crippen LogP contribution in [-0.4, -0.2) is 43.3 Å². The minimum Gasteiger partial charge on any atom is -0.489 e. The molecule has 150 valence electrons. The Morgan fingerprint density at radius 2 is 2.03 bits per heavy atom. The molecule has 29 heavy (non-hydrogen) atoms. The van der Waals surface area contributed by atoms with Gasteiger partial charge in [0.1, 0.15) is 11.9 Å². The highest BCUT2D eigenvalue weighted by atomic mass is 32.1. The van der Waals surface area contributed by atoms with Gasteiger partial charge in [-0.1, -0.05) is 30.4 Å². The highest BCUT2D eigenvalue weighted by Gasteiger charge is 2.31. The lowest BCUT2D eigenvalue weighted by molar-refractivity contribution is 0.102. The van der Waals surface area contributed by atoms with Gasteiger partial charge in [0.25, 0.3) is 5.91 Å². The van der Waals surface area contributed by atoms with E-state index >= 15 is 0 Å². The van der Waals surface area contributed by atoms with E-state index < -0.39 is 0 Å². The zero-order chi connectivity index (χ0) is 20.0. The molecule has 0 unspecified atom stereocenters. The first-order valence-electron chi connectivity index (χ1n) is 9.94. The van der Waals surface area contributed by atoms with Gasteiger partial charge in [0.15, 0.2) is 5.13 Å². The average Bonchev–Trinajstić information content (AvgIpc) is 3.29. The molecular formula is C22H23N3O3S. The van der Waals surface area contributed by atoms with Crippen molar-refractivity contribution in [1.29, 1.82) is 0 Å². The standard InChI is InChI=1S/C22H23N3O3S/c1-13-14(2)28-20-16(13)4-3-5-17(20)21(26)23-15-6-7-18-19(12-15)29-22(24-18)25-8-10-27-11-9-25/h3-7,12-14H,8-11H2,1-2H3,(H,23,26)/t13-,14-/m1/s1. The monoisotopic (exact) mass is 409 g/mol. The molecule has 2 atom stereocenters. The summed E-state index contributed by atoms with van der Waals surface area (Å²) in [5, 5.41) is 4.03. The summed E-state index contributed by atoms with van der Waals surface area (Å²) in [6.45, 7) is 7.35. The SMILES string of the molecule is C[C@H]1Oc2c(C(=O)Nc3ccc4nc(N5CCOCC5)sc4c3)cccc2[C@@H]1C. The van der Waals surface area contributed by atoms with E-state index in [1.165, 1.54) is 0 Å². The smallest absolute Gasteiger partial charge is 0.259 e. The highest BCUT2D eigenvalue weighted by molar-refractivity contribution is 7.22. The first-order valence-corrected chi connectivity index (χ1v) is 10.8. The van der Waals surface area contributed by atoms with Gasteiger partial charge in [-0.25, -0.2) is 4.98 Å². The summed E-state index contributed by atoms with van der Waals surface area (Å²) >= 11 is 1.64. The van der Waals surface area contributed by atoms with Crippen molar-refractivity contribution in [3.63, 3.8) is 0 Å². The molecule has 5 rings (SSSR count). The molecule has 6 nitrogen and oxygen atoms in total. The van der Waals surface area contributed by atoms with E-state index in [4.69, 9.17) is 14.5 Å². The van der Waals surface area contributed by atoms with Crippen LogP contribution in [0.3, 0.4) is 0 Å². The van der Waals surface area contributed by atoms with Gasteiger partial charge in [-0.05, 0) is 31.2 Å². The van der Waals surface area contributed by atoms with E-state index in [2.05, 4.69) is 17.1 Å². The normalized spacial score (nSPS) is 21.1. The third-order valence-electron chi connectivity index (χ3n) is 5.71. The summed E-state index contributed by atoms with van der Waals surface area (Å²) in [5.74, 6) is 0.837. The molecule has 0 saturated carbocycles. The second-order valence-corrected chi connectivity index (χ2v) is 8.58. The Kier molecular flexibility index (Phi) is 4.64. The predicted octanol–water partition coefficient (Wildman–Crippen LogP) is 4.27. The summed E-state index contributed by atoms with van der Waals surface area (Å²) in [7, 11) is 0. The van der Waals surface area contributed by atoms with Crippen LogP contribution < -0.4 is 15.0 Å². The number of carbonyl (C=O) groups is 1. The Labute approximate surface area is 173 Å². The van der Waals surface area contributed by atoms with E-state index in [0.29, 0.717) is 11.3 Å². The number of carbonyl (C=O) groups excluding carboxylic acids is 1. The number of thiazole rings is 1. The van der Waals surface area contributed by atoms with Gasteiger partial charge in [-0.3, -0.25) is 4.79 Å². The molecule has 7 heteroatoms. The van der Waals surface area contributed by atoms with Crippen LogP contribution in [0.5, 0.6) is 5.75 Å². The molecule has 0 spiro atoms. The maximum atomic E-state index is 13.0. The van der Waals surface area contributed by atoms with Crippen LogP contribution >= 0.6 is 11.3 Å². The number of nitrogens with one attached hydrogen (secondary N) is 1. The number of aromatic nitrogens is 1. The fourth-order valence-corrected chi connectivity index (χ4v) is 4.90. The molecule has 0 radical (unpaired) electrons. The summed E-state index contributed by atoms with van der Waals surface area (Å²) in [4.78, 5) is 19.9. The third-order valence-corrected chi connectivity index (χ3v) is 6.78. The molecule has 1 aromatic heterocycles. The number of hydrogen-bond acceptors (Lipinski definition) is 6. The molecule has 1 saturated heterocycles. The summed E-state index contributed by atoms with van der Waals surface area (Å²) in [5.41, 5.74) is 3.38. The molecule has 1 amide bonds. The van der Waals surface area contributed by atoms with Crippen molar-refractivity contribution >= 4 is 38.3 Å². The van der Waals surface area contributed by atoms with Gasteiger partial charge in [0.05, 0.1) is 29.0 Å². The summed E-state index contributed by atoms with van der Waals surface area (Å²) < 4.78 is 12.4. The zero-order valence-electron chi connectivity index (χ0n) is 16.5. The number of morpholine rings is 1. The van der Waals surface area contributed by atoms with Gasteiger partial charge in [0.2, 0.25) is 0 Å². The van der Waals surface area contributed by atoms with Crippen LogP contribution in [0.15, 0.2) is 36.4 Å². The Balaban J connectivity index is 1.39. The molecule has 1 N–H and O–H groups in total. The Morgan fingerprint density at radius 1 is 1.21 bits per heavy atom. The van der Waals surface area contributed by atoms with Crippen molar-refractivity contribution in [3.8, 4) is 5.75 Å². The van der Waals surface area contributed by atoms with Crippen molar-refractivity contribution < 1.29 is 14.3 Å². The van der Waals surface area contributed by atoms with Crippen LogP contribution in [0.4, 0.5) is 10.8 Å². The van der Waals surface area contributed by atoms with Crippen molar-refractivity contribution in [2.24, 2.45) is 0 Å². The van der Waals surface area contributed by atoms with Gasteiger partial charge < -0.3 is 19.7 Å².